The number of rotatable bonds is 2. The molecule has 3 atom stereocenters. The molecule has 1 aromatic carbocycles. The average Bonchev–Trinajstić information content (AvgIpc) is 3.09. The zero-order valence-electron chi connectivity index (χ0n) is 15.5. The Morgan fingerprint density at radius 1 is 1.30 bits per heavy atom. The van der Waals surface area contributed by atoms with E-state index in [-0.39, 0.29) is 34.8 Å². The number of carbonyl (C=O) groups is 2. The van der Waals surface area contributed by atoms with Gasteiger partial charge in [0.15, 0.2) is 0 Å². The molecule has 2 aliphatic rings. The number of thiol groups is 1. The van der Waals surface area contributed by atoms with E-state index in [1.54, 1.807) is 17.2 Å². The normalized spacial score (nSPS) is 26.6. The van der Waals surface area contributed by atoms with Crippen LogP contribution in [0.4, 0.5) is 11.4 Å². The quantitative estimate of drug-likeness (QED) is 0.766. The number of nitrogens with zero attached hydrogens (tertiary/aromatic N) is 1. The highest BCUT2D eigenvalue weighted by molar-refractivity contribution is 7.81. The van der Waals surface area contributed by atoms with Crippen LogP contribution in [-0.2, 0) is 9.59 Å². The number of hydrogen-bond acceptors (Lipinski definition) is 5. The minimum Gasteiger partial charge on any atom is -0.467 e. The van der Waals surface area contributed by atoms with Gasteiger partial charge in [-0.2, -0.15) is 12.6 Å². The van der Waals surface area contributed by atoms with Crippen molar-refractivity contribution in [2.24, 2.45) is 11.3 Å². The molecule has 5 nitrogen and oxygen atoms in total. The van der Waals surface area contributed by atoms with Gasteiger partial charge in [-0.1, -0.05) is 26.0 Å². The molecule has 1 amide bonds. The van der Waals surface area contributed by atoms with E-state index in [0.717, 1.165) is 17.8 Å². The van der Waals surface area contributed by atoms with Crippen molar-refractivity contribution in [3.63, 3.8) is 0 Å². The first-order valence-electron chi connectivity index (χ1n) is 9.26. The molecule has 0 bridgehead atoms. The Morgan fingerprint density at radius 3 is 2.78 bits per heavy atom. The highest BCUT2D eigenvalue weighted by Gasteiger charge is 2.50. The van der Waals surface area contributed by atoms with E-state index in [2.05, 4.69) is 31.8 Å². The third-order valence-electron chi connectivity index (χ3n) is 5.59. The number of nitrogens with one attached hydrogen (secondary N) is 1. The summed E-state index contributed by atoms with van der Waals surface area (Å²) in [5.74, 6) is 0.331. The van der Waals surface area contributed by atoms with E-state index >= 15 is 0 Å². The van der Waals surface area contributed by atoms with E-state index < -0.39 is 6.04 Å². The summed E-state index contributed by atoms with van der Waals surface area (Å²) in [5.41, 5.74) is 1.54. The number of fused-ring (bicyclic) bond motifs is 2. The second kappa shape index (κ2) is 6.75. The van der Waals surface area contributed by atoms with Crippen molar-refractivity contribution >= 4 is 35.7 Å². The lowest BCUT2D eigenvalue weighted by Gasteiger charge is -2.43. The predicted molar refractivity (Wildman–Crippen MR) is 108 cm³/mol. The Hall–Kier alpha value is -2.21. The van der Waals surface area contributed by atoms with Crippen LogP contribution in [0.2, 0.25) is 0 Å². The van der Waals surface area contributed by atoms with E-state index in [0.29, 0.717) is 12.2 Å². The van der Waals surface area contributed by atoms with Crippen LogP contribution in [0.25, 0.3) is 0 Å². The SMILES string of the molecule is CC1(C)CC(=O)[C@@H]2[C@H](C1)Nc1ccccc1N(C(=O)CS)[C@H]2c1ccco1. The molecular formula is C21H24N2O3S. The average molecular weight is 385 g/mol. The topological polar surface area (TPSA) is 62.6 Å². The van der Waals surface area contributed by atoms with Gasteiger partial charge in [-0.25, -0.2) is 0 Å². The third kappa shape index (κ3) is 3.16. The Bertz CT molecular complexity index is 862. The molecule has 1 fully saturated rings. The smallest absolute Gasteiger partial charge is 0.237 e. The Labute approximate surface area is 164 Å². The summed E-state index contributed by atoms with van der Waals surface area (Å²) in [6.07, 6.45) is 2.93. The number of benzene rings is 1. The van der Waals surface area contributed by atoms with Crippen LogP contribution < -0.4 is 10.2 Å². The molecule has 2 heterocycles. The summed E-state index contributed by atoms with van der Waals surface area (Å²) >= 11 is 4.23. The lowest BCUT2D eigenvalue weighted by Crippen LogP contribution is -2.50. The van der Waals surface area contributed by atoms with Gasteiger partial charge in [0.25, 0.3) is 0 Å². The van der Waals surface area contributed by atoms with Gasteiger partial charge in [0, 0.05) is 12.5 Å². The van der Waals surface area contributed by atoms with Crippen molar-refractivity contribution in [1.82, 2.24) is 0 Å². The van der Waals surface area contributed by atoms with Crippen LogP contribution in [-0.4, -0.2) is 23.5 Å². The van der Waals surface area contributed by atoms with Gasteiger partial charge in [0.1, 0.15) is 17.6 Å². The lowest BCUT2D eigenvalue weighted by molar-refractivity contribution is -0.129. The van der Waals surface area contributed by atoms with Gasteiger partial charge < -0.3 is 9.73 Å². The number of carbonyl (C=O) groups excluding carboxylic acids is 2. The minimum absolute atomic E-state index is 0.0581. The highest BCUT2D eigenvalue weighted by atomic mass is 32.1. The van der Waals surface area contributed by atoms with Crippen molar-refractivity contribution < 1.29 is 14.0 Å². The van der Waals surface area contributed by atoms with Crippen molar-refractivity contribution in [1.29, 1.82) is 0 Å². The first-order valence-corrected chi connectivity index (χ1v) is 9.89. The molecule has 1 saturated carbocycles. The largest absolute Gasteiger partial charge is 0.467 e. The number of Topliss-reactive ketones (excluding diaryl/α,β-unsaturated/α-hetero) is 1. The molecule has 0 saturated heterocycles. The molecule has 0 radical (unpaired) electrons. The van der Waals surface area contributed by atoms with Gasteiger partial charge in [0.05, 0.1) is 29.3 Å². The molecular weight excluding hydrogens is 360 g/mol. The van der Waals surface area contributed by atoms with E-state index in [1.807, 2.05) is 30.3 Å². The number of furan rings is 1. The molecule has 2 aromatic rings. The second-order valence-corrected chi connectivity index (χ2v) is 8.50. The first kappa shape index (κ1) is 18.2. The van der Waals surface area contributed by atoms with E-state index in [1.165, 1.54) is 0 Å². The fourth-order valence-corrected chi connectivity index (χ4v) is 4.74. The maximum Gasteiger partial charge on any atom is 0.237 e. The van der Waals surface area contributed by atoms with Crippen LogP contribution in [0, 0.1) is 11.3 Å². The van der Waals surface area contributed by atoms with Gasteiger partial charge in [0.2, 0.25) is 5.91 Å². The Kier molecular flexibility index (Phi) is 4.54. The van der Waals surface area contributed by atoms with Crippen LogP contribution in [0.1, 0.15) is 38.5 Å². The Morgan fingerprint density at radius 2 is 2.07 bits per heavy atom. The maximum atomic E-state index is 13.3. The lowest BCUT2D eigenvalue weighted by atomic mass is 9.67. The third-order valence-corrected chi connectivity index (χ3v) is 5.86. The molecule has 27 heavy (non-hydrogen) atoms. The van der Waals surface area contributed by atoms with Gasteiger partial charge >= 0.3 is 0 Å². The number of amides is 1. The maximum absolute atomic E-state index is 13.3. The van der Waals surface area contributed by atoms with Crippen LogP contribution >= 0.6 is 12.6 Å². The zero-order valence-corrected chi connectivity index (χ0v) is 16.4. The fourth-order valence-electron chi connectivity index (χ4n) is 4.59. The number of ketones is 1. The zero-order chi connectivity index (χ0) is 19.2. The molecule has 142 valence electrons. The summed E-state index contributed by atoms with van der Waals surface area (Å²) in [7, 11) is 0. The number of hydrogen-bond donors (Lipinski definition) is 2. The van der Waals surface area contributed by atoms with Crippen LogP contribution in [0.5, 0.6) is 0 Å². The van der Waals surface area contributed by atoms with Crippen molar-refractivity contribution in [3.05, 3.63) is 48.4 Å². The summed E-state index contributed by atoms with van der Waals surface area (Å²) in [6.45, 7) is 4.25. The van der Waals surface area contributed by atoms with Gasteiger partial charge in [-0.3, -0.25) is 14.5 Å². The molecule has 6 heteroatoms. The molecule has 1 aliphatic heterocycles. The molecule has 1 aromatic heterocycles. The molecule has 0 unspecified atom stereocenters. The molecule has 1 aliphatic carbocycles. The highest BCUT2D eigenvalue weighted by Crippen LogP contribution is 2.49. The molecule has 0 spiro atoms. The van der Waals surface area contributed by atoms with Gasteiger partial charge in [-0.05, 0) is 36.1 Å². The summed E-state index contributed by atoms with van der Waals surface area (Å²) < 4.78 is 5.72. The van der Waals surface area contributed by atoms with E-state index in [4.69, 9.17) is 4.42 Å². The standard InChI is InChI=1S/C21H24N2O3S/c1-21(2)10-14-19(16(24)11-21)20(17-8-5-9-26-17)23(18(25)12-27)15-7-4-3-6-13(15)22-14/h3-9,14,19-20,22,27H,10-12H2,1-2H3/t14-,19-,20-/m0/s1. The fraction of sp³-hybridized carbons (Fsp3) is 0.429. The van der Waals surface area contributed by atoms with Crippen LogP contribution in [0.3, 0.4) is 0 Å². The summed E-state index contributed by atoms with van der Waals surface area (Å²) in [4.78, 5) is 27.9. The second-order valence-electron chi connectivity index (χ2n) is 8.19. The van der Waals surface area contributed by atoms with Crippen molar-refractivity contribution in [2.45, 2.75) is 38.8 Å². The summed E-state index contributed by atoms with van der Waals surface area (Å²) in [5, 5.41) is 3.57. The molecule has 4 rings (SSSR count). The number of para-hydroxylation sites is 2. The molecule has 1 N–H and O–H groups in total. The minimum atomic E-state index is -0.482. The van der Waals surface area contributed by atoms with E-state index in [9.17, 15) is 9.59 Å². The van der Waals surface area contributed by atoms with Crippen molar-refractivity contribution in [2.75, 3.05) is 16.0 Å². The predicted octanol–water partition coefficient (Wildman–Crippen LogP) is 4.08. The van der Waals surface area contributed by atoms with Crippen molar-refractivity contribution in [3.8, 4) is 0 Å². The number of anilines is 2. The Balaban J connectivity index is 1.92. The van der Waals surface area contributed by atoms with Gasteiger partial charge in [-0.15, -0.1) is 0 Å². The van der Waals surface area contributed by atoms with Crippen LogP contribution in [0.15, 0.2) is 47.1 Å². The summed E-state index contributed by atoms with van der Waals surface area (Å²) in [6, 6.07) is 10.8. The monoisotopic (exact) mass is 384 g/mol. The first-order chi connectivity index (χ1) is 12.9.